The molecule has 0 saturated heterocycles. The van der Waals surface area contributed by atoms with Crippen molar-refractivity contribution in [3.63, 3.8) is 0 Å². The number of ketones is 1. The Morgan fingerprint density at radius 1 is 1.14 bits per heavy atom. The number of thiazole rings is 1. The monoisotopic (exact) mass is 311 g/mol. The normalized spacial score (nSPS) is 36.1. The van der Waals surface area contributed by atoms with E-state index in [1.165, 1.54) is 48.8 Å². The fourth-order valence-corrected chi connectivity index (χ4v) is 6.58. The summed E-state index contributed by atoms with van der Waals surface area (Å²) in [5.41, 5.74) is 4.15. The molecule has 4 saturated carbocycles. The fraction of sp³-hybridized carbons (Fsp3) is 0.579. The van der Waals surface area contributed by atoms with E-state index in [0.717, 1.165) is 23.3 Å². The zero-order valence-electron chi connectivity index (χ0n) is 12.8. The predicted molar refractivity (Wildman–Crippen MR) is 88.9 cm³/mol. The van der Waals surface area contributed by atoms with Crippen LogP contribution in [0.1, 0.15) is 44.1 Å². The number of benzene rings is 1. The summed E-state index contributed by atoms with van der Waals surface area (Å²) in [6.45, 7) is 0. The molecule has 0 amide bonds. The third-order valence-corrected chi connectivity index (χ3v) is 7.18. The molecule has 4 aliphatic rings. The van der Waals surface area contributed by atoms with E-state index in [1.54, 1.807) is 11.3 Å². The second-order valence-corrected chi connectivity index (χ2v) is 8.84. The maximum atomic E-state index is 13.1. The number of rotatable bonds is 3. The van der Waals surface area contributed by atoms with Crippen LogP contribution in [0.2, 0.25) is 0 Å². The summed E-state index contributed by atoms with van der Waals surface area (Å²) >= 11 is 1.67. The average molecular weight is 311 g/mol. The van der Waals surface area contributed by atoms with Crippen molar-refractivity contribution in [2.45, 2.75) is 44.9 Å². The maximum Gasteiger partial charge on any atom is 0.143 e. The third-order valence-electron chi connectivity index (χ3n) is 6.39. The van der Waals surface area contributed by atoms with Gasteiger partial charge in [0.1, 0.15) is 5.78 Å². The van der Waals surface area contributed by atoms with E-state index in [0.29, 0.717) is 12.2 Å². The SMILES string of the molecule is O=C(Cc1ccc2ncsc2c1)C12CC3CC(CC(C3)C1)C2. The lowest BCUT2D eigenvalue weighted by atomic mass is 9.48. The van der Waals surface area contributed by atoms with Crippen molar-refractivity contribution >= 4 is 27.3 Å². The molecule has 6 rings (SSSR count). The molecule has 22 heavy (non-hydrogen) atoms. The molecular weight excluding hydrogens is 290 g/mol. The lowest BCUT2D eigenvalue weighted by Crippen LogP contribution is -2.50. The van der Waals surface area contributed by atoms with Crippen molar-refractivity contribution in [3.05, 3.63) is 29.3 Å². The van der Waals surface area contributed by atoms with Crippen molar-refractivity contribution < 1.29 is 4.79 Å². The van der Waals surface area contributed by atoms with Crippen molar-refractivity contribution in [2.24, 2.45) is 23.2 Å². The van der Waals surface area contributed by atoms with E-state index in [-0.39, 0.29) is 5.41 Å². The Hall–Kier alpha value is -1.22. The second-order valence-electron chi connectivity index (χ2n) is 7.95. The van der Waals surface area contributed by atoms with E-state index in [2.05, 4.69) is 23.2 Å². The quantitative estimate of drug-likeness (QED) is 0.827. The van der Waals surface area contributed by atoms with E-state index >= 15 is 0 Å². The molecule has 1 aromatic heterocycles. The van der Waals surface area contributed by atoms with Crippen LogP contribution in [0.4, 0.5) is 0 Å². The zero-order valence-corrected chi connectivity index (χ0v) is 13.6. The molecular formula is C19H21NOS. The Kier molecular flexibility index (Phi) is 2.79. The van der Waals surface area contributed by atoms with Crippen molar-refractivity contribution in [3.8, 4) is 0 Å². The predicted octanol–water partition coefficient (Wildman–Crippen LogP) is 4.62. The van der Waals surface area contributed by atoms with Crippen LogP contribution in [0, 0.1) is 23.2 Å². The number of aromatic nitrogens is 1. The first-order valence-corrected chi connectivity index (χ1v) is 9.44. The smallest absolute Gasteiger partial charge is 0.143 e. The van der Waals surface area contributed by atoms with Gasteiger partial charge in [-0.2, -0.15) is 0 Å². The highest BCUT2D eigenvalue weighted by atomic mass is 32.1. The van der Waals surface area contributed by atoms with Gasteiger partial charge in [0.2, 0.25) is 0 Å². The number of carbonyl (C=O) groups excluding carboxylic acids is 1. The molecule has 2 nitrogen and oxygen atoms in total. The standard InChI is InChI=1S/C19H21NOS/c21-18(7-12-1-2-16-17(6-12)22-11-20-16)19-8-13-3-14(9-19)5-15(4-13)10-19/h1-2,6,11,13-15H,3-5,7-10H2. The second kappa shape index (κ2) is 4.64. The topological polar surface area (TPSA) is 30.0 Å². The fourth-order valence-electron chi connectivity index (χ4n) is 5.83. The number of nitrogens with zero attached hydrogens (tertiary/aromatic N) is 1. The summed E-state index contributed by atoms with van der Waals surface area (Å²) in [6, 6.07) is 6.33. The molecule has 4 fully saturated rings. The van der Waals surface area contributed by atoms with Crippen LogP contribution < -0.4 is 0 Å². The number of hydrogen-bond acceptors (Lipinski definition) is 3. The summed E-state index contributed by atoms with van der Waals surface area (Å²) < 4.78 is 1.20. The molecule has 4 bridgehead atoms. The molecule has 0 spiro atoms. The molecule has 0 aliphatic heterocycles. The van der Waals surface area contributed by atoms with Gasteiger partial charge >= 0.3 is 0 Å². The molecule has 114 valence electrons. The Labute approximate surface area is 134 Å². The van der Waals surface area contributed by atoms with Crippen molar-refractivity contribution in [1.82, 2.24) is 4.98 Å². The number of carbonyl (C=O) groups is 1. The minimum atomic E-state index is 0.0391. The van der Waals surface area contributed by atoms with Crippen molar-refractivity contribution in [1.29, 1.82) is 0 Å². The van der Waals surface area contributed by atoms with Crippen LogP contribution in [0.5, 0.6) is 0 Å². The summed E-state index contributed by atoms with van der Waals surface area (Å²) in [7, 11) is 0. The lowest BCUT2D eigenvalue weighted by Gasteiger charge is -2.56. The van der Waals surface area contributed by atoms with E-state index in [1.807, 2.05) is 5.51 Å². The molecule has 0 N–H and O–H groups in total. The van der Waals surface area contributed by atoms with Gasteiger partial charge in [-0.15, -0.1) is 11.3 Å². The molecule has 0 unspecified atom stereocenters. The molecule has 1 aromatic carbocycles. The first kappa shape index (κ1) is 13.2. The molecule has 0 radical (unpaired) electrons. The maximum absolute atomic E-state index is 13.1. The largest absolute Gasteiger partial charge is 0.299 e. The number of hydrogen-bond donors (Lipinski definition) is 0. The minimum Gasteiger partial charge on any atom is -0.299 e. The summed E-state index contributed by atoms with van der Waals surface area (Å²) in [5.74, 6) is 3.06. The van der Waals surface area contributed by atoms with Gasteiger partial charge in [-0.05, 0) is 74.0 Å². The molecule has 4 aliphatic carbocycles. The molecule has 2 aromatic rings. The average Bonchev–Trinajstić information content (AvgIpc) is 2.93. The third kappa shape index (κ3) is 1.98. The van der Waals surface area contributed by atoms with Gasteiger partial charge in [0.05, 0.1) is 15.7 Å². The molecule has 1 heterocycles. The van der Waals surface area contributed by atoms with Crippen LogP contribution in [-0.4, -0.2) is 10.8 Å². The Morgan fingerprint density at radius 3 is 2.50 bits per heavy atom. The van der Waals surface area contributed by atoms with Gasteiger partial charge in [0, 0.05) is 11.8 Å². The van der Waals surface area contributed by atoms with E-state index in [9.17, 15) is 4.79 Å². The van der Waals surface area contributed by atoms with Crippen LogP contribution in [0.25, 0.3) is 10.2 Å². The Morgan fingerprint density at radius 2 is 1.82 bits per heavy atom. The summed E-state index contributed by atoms with van der Waals surface area (Å²) in [5, 5.41) is 0. The zero-order chi connectivity index (χ0) is 14.7. The van der Waals surface area contributed by atoms with Crippen molar-refractivity contribution in [2.75, 3.05) is 0 Å². The highest BCUT2D eigenvalue weighted by Crippen LogP contribution is 2.60. The van der Waals surface area contributed by atoms with Gasteiger partial charge in [0.15, 0.2) is 0 Å². The number of fused-ring (bicyclic) bond motifs is 1. The lowest BCUT2D eigenvalue weighted by molar-refractivity contribution is -0.143. The first-order chi connectivity index (χ1) is 10.7. The van der Waals surface area contributed by atoms with E-state index in [4.69, 9.17) is 0 Å². The van der Waals surface area contributed by atoms with Crippen LogP contribution in [0.3, 0.4) is 0 Å². The van der Waals surface area contributed by atoms with Crippen LogP contribution >= 0.6 is 11.3 Å². The highest BCUT2D eigenvalue weighted by Gasteiger charge is 2.53. The molecule has 0 atom stereocenters. The van der Waals surface area contributed by atoms with Crippen LogP contribution in [-0.2, 0) is 11.2 Å². The first-order valence-electron chi connectivity index (χ1n) is 8.56. The van der Waals surface area contributed by atoms with Gasteiger partial charge in [-0.25, -0.2) is 4.98 Å². The molecule has 3 heteroatoms. The van der Waals surface area contributed by atoms with Gasteiger partial charge in [-0.3, -0.25) is 4.79 Å². The van der Waals surface area contributed by atoms with Gasteiger partial charge < -0.3 is 0 Å². The highest BCUT2D eigenvalue weighted by molar-refractivity contribution is 7.16. The van der Waals surface area contributed by atoms with Gasteiger partial charge in [0.25, 0.3) is 0 Å². The summed E-state index contributed by atoms with van der Waals surface area (Å²) in [6.07, 6.45) is 8.37. The van der Waals surface area contributed by atoms with Crippen LogP contribution in [0.15, 0.2) is 23.7 Å². The Balaban J connectivity index is 1.42. The van der Waals surface area contributed by atoms with Gasteiger partial charge in [-0.1, -0.05) is 6.07 Å². The van der Waals surface area contributed by atoms with E-state index < -0.39 is 0 Å². The number of Topliss-reactive ketones (excluding diaryl/α,β-unsaturated/α-hetero) is 1. The Bertz CT molecular complexity index is 711. The summed E-state index contributed by atoms with van der Waals surface area (Å²) in [4.78, 5) is 17.5. The minimum absolute atomic E-state index is 0.0391.